The first kappa shape index (κ1) is 13.6. The van der Waals surface area contributed by atoms with E-state index in [1.807, 2.05) is 0 Å². The Kier molecular flexibility index (Phi) is 4.00. The first-order valence-corrected chi connectivity index (χ1v) is 5.95. The van der Waals surface area contributed by atoms with Gasteiger partial charge in [-0.25, -0.2) is 0 Å². The molecule has 20 heavy (non-hydrogen) atoms. The summed E-state index contributed by atoms with van der Waals surface area (Å²) in [5, 5.41) is 10.8. The van der Waals surface area contributed by atoms with Gasteiger partial charge in [-0.15, -0.1) is 0 Å². The summed E-state index contributed by atoms with van der Waals surface area (Å²) in [6, 6.07) is 8.18. The Bertz CT molecular complexity index is 679. The van der Waals surface area contributed by atoms with Crippen molar-refractivity contribution < 1.29 is 9.72 Å². The summed E-state index contributed by atoms with van der Waals surface area (Å²) < 4.78 is 0. The van der Waals surface area contributed by atoms with E-state index in [9.17, 15) is 14.9 Å². The molecule has 5 nitrogen and oxygen atoms in total. The van der Waals surface area contributed by atoms with Gasteiger partial charge in [0.1, 0.15) is 0 Å². The second kappa shape index (κ2) is 5.88. The van der Waals surface area contributed by atoms with Crippen molar-refractivity contribution in [2.24, 2.45) is 0 Å². The quantitative estimate of drug-likeness (QED) is 0.369. The number of benzene rings is 1. The summed E-state index contributed by atoms with van der Waals surface area (Å²) in [6.07, 6.45) is 6.00. The van der Waals surface area contributed by atoms with Gasteiger partial charge in [0.05, 0.1) is 4.92 Å². The molecule has 1 heterocycles. The number of hydrogen-bond donors (Lipinski definition) is 0. The fourth-order valence-electron chi connectivity index (χ4n) is 1.70. The molecule has 5 heteroatoms. The summed E-state index contributed by atoms with van der Waals surface area (Å²) in [5.41, 5.74) is 1.72. The minimum atomic E-state index is -0.435. The molecule has 0 atom stereocenters. The molecule has 0 fully saturated rings. The van der Waals surface area contributed by atoms with Gasteiger partial charge in [0.25, 0.3) is 5.69 Å². The second-order valence-electron chi connectivity index (χ2n) is 4.24. The third kappa shape index (κ3) is 3.14. The van der Waals surface area contributed by atoms with Crippen LogP contribution in [0.2, 0.25) is 0 Å². The largest absolute Gasteiger partial charge is 0.289 e. The van der Waals surface area contributed by atoms with Crippen molar-refractivity contribution in [3.05, 3.63) is 75.6 Å². The van der Waals surface area contributed by atoms with Crippen molar-refractivity contribution >= 4 is 17.5 Å². The van der Waals surface area contributed by atoms with Crippen LogP contribution in [-0.2, 0) is 0 Å². The van der Waals surface area contributed by atoms with Gasteiger partial charge in [0.2, 0.25) is 0 Å². The molecule has 1 aromatic carbocycles. The zero-order valence-corrected chi connectivity index (χ0v) is 10.8. The van der Waals surface area contributed by atoms with E-state index in [0.29, 0.717) is 16.7 Å². The van der Waals surface area contributed by atoms with Crippen LogP contribution in [-0.4, -0.2) is 15.7 Å². The summed E-state index contributed by atoms with van der Waals surface area (Å²) in [6.45, 7) is 1.67. The van der Waals surface area contributed by atoms with E-state index >= 15 is 0 Å². The van der Waals surface area contributed by atoms with Crippen LogP contribution in [0.1, 0.15) is 21.5 Å². The highest BCUT2D eigenvalue weighted by Crippen LogP contribution is 2.20. The zero-order valence-electron chi connectivity index (χ0n) is 10.8. The summed E-state index contributed by atoms with van der Waals surface area (Å²) in [7, 11) is 0. The maximum atomic E-state index is 11.8. The predicted octanol–water partition coefficient (Wildman–Crippen LogP) is 3.19. The van der Waals surface area contributed by atoms with Crippen LogP contribution < -0.4 is 0 Å². The van der Waals surface area contributed by atoms with E-state index in [2.05, 4.69) is 4.98 Å². The van der Waals surface area contributed by atoms with Crippen molar-refractivity contribution in [3.8, 4) is 0 Å². The number of aryl methyl sites for hydroxylation is 1. The van der Waals surface area contributed by atoms with E-state index < -0.39 is 4.92 Å². The van der Waals surface area contributed by atoms with Gasteiger partial charge in [-0.2, -0.15) is 0 Å². The normalized spacial score (nSPS) is 10.7. The van der Waals surface area contributed by atoms with Gasteiger partial charge in [-0.05, 0) is 30.7 Å². The van der Waals surface area contributed by atoms with Crippen LogP contribution in [0.15, 0.2) is 48.8 Å². The van der Waals surface area contributed by atoms with Crippen LogP contribution in [0.5, 0.6) is 0 Å². The molecule has 2 aromatic rings. The molecule has 0 aliphatic rings. The zero-order chi connectivity index (χ0) is 14.5. The molecule has 0 amide bonds. The minimum absolute atomic E-state index is 0.0426. The molecule has 0 aliphatic heterocycles. The van der Waals surface area contributed by atoms with Crippen LogP contribution in [0.3, 0.4) is 0 Å². The predicted molar refractivity (Wildman–Crippen MR) is 75.4 cm³/mol. The minimum Gasteiger partial charge on any atom is -0.289 e. The molecule has 0 radical (unpaired) electrons. The van der Waals surface area contributed by atoms with Crippen molar-refractivity contribution in [1.29, 1.82) is 0 Å². The molecule has 0 spiro atoms. The first-order chi connectivity index (χ1) is 9.58. The Morgan fingerprint density at radius 1 is 1.35 bits per heavy atom. The number of hydrogen-bond acceptors (Lipinski definition) is 4. The number of pyridine rings is 1. The maximum Gasteiger partial charge on any atom is 0.272 e. The summed E-state index contributed by atoms with van der Waals surface area (Å²) in [5.74, 6) is -0.193. The van der Waals surface area contributed by atoms with Crippen LogP contribution in [0.25, 0.3) is 6.08 Å². The van der Waals surface area contributed by atoms with Crippen LogP contribution in [0, 0.1) is 17.0 Å². The Morgan fingerprint density at radius 2 is 2.15 bits per heavy atom. The summed E-state index contributed by atoms with van der Waals surface area (Å²) >= 11 is 0. The number of nitrogens with zero attached hydrogens (tertiary/aromatic N) is 2. The lowest BCUT2D eigenvalue weighted by Gasteiger charge is -1.98. The van der Waals surface area contributed by atoms with Gasteiger partial charge in [-0.3, -0.25) is 19.9 Å². The van der Waals surface area contributed by atoms with E-state index in [0.717, 1.165) is 0 Å². The Morgan fingerprint density at radius 3 is 2.80 bits per heavy atom. The average molecular weight is 268 g/mol. The molecule has 0 saturated carbocycles. The third-order valence-electron chi connectivity index (χ3n) is 2.80. The fourth-order valence-corrected chi connectivity index (χ4v) is 1.70. The monoisotopic (exact) mass is 268 g/mol. The van der Waals surface area contributed by atoms with Crippen LogP contribution in [0.4, 0.5) is 5.69 Å². The van der Waals surface area contributed by atoms with Gasteiger partial charge >= 0.3 is 0 Å². The maximum absolute atomic E-state index is 11.8. The summed E-state index contributed by atoms with van der Waals surface area (Å²) in [4.78, 5) is 26.1. The fraction of sp³-hybridized carbons (Fsp3) is 0.0667. The molecule has 0 N–H and O–H groups in total. The van der Waals surface area contributed by atoms with Gasteiger partial charge in [0.15, 0.2) is 5.78 Å². The van der Waals surface area contributed by atoms with Gasteiger partial charge < -0.3 is 0 Å². The van der Waals surface area contributed by atoms with E-state index in [1.165, 1.54) is 18.3 Å². The second-order valence-corrected chi connectivity index (χ2v) is 4.24. The number of rotatable bonds is 4. The standard InChI is InChI=1S/C15H12N2O3/c1-11-4-5-12(9-14(11)17(19)20)6-7-15(18)13-3-2-8-16-10-13/h2-10H,1H3/b7-6+. The van der Waals surface area contributed by atoms with E-state index in [1.54, 1.807) is 43.5 Å². The van der Waals surface area contributed by atoms with Crippen molar-refractivity contribution in [2.45, 2.75) is 6.92 Å². The number of nitro groups is 1. The van der Waals surface area contributed by atoms with E-state index in [4.69, 9.17) is 0 Å². The lowest BCUT2D eigenvalue weighted by molar-refractivity contribution is -0.385. The van der Waals surface area contributed by atoms with Gasteiger partial charge in [0, 0.05) is 29.6 Å². The number of aromatic nitrogens is 1. The Balaban J connectivity index is 2.22. The number of allylic oxidation sites excluding steroid dienone is 1. The first-order valence-electron chi connectivity index (χ1n) is 5.95. The average Bonchev–Trinajstić information content (AvgIpc) is 2.46. The number of carbonyl (C=O) groups excluding carboxylic acids is 1. The Labute approximate surface area is 115 Å². The smallest absolute Gasteiger partial charge is 0.272 e. The molecule has 1 aromatic heterocycles. The van der Waals surface area contributed by atoms with Crippen molar-refractivity contribution in [2.75, 3.05) is 0 Å². The number of ketones is 1. The topological polar surface area (TPSA) is 73.1 Å². The highest BCUT2D eigenvalue weighted by Gasteiger charge is 2.10. The molecule has 0 unspecified atom stereocenters. The molecule has 100 valence electrons. The Hall–Kier alpha value is -2.82. The van der Waals surface area contributed by atoms with Crippen molar-refractivity contribution in [1.82, 2.24) is 4.98 Å². The van der Waals surface area contributed by atoms with E-state index in [-0.39, 0.29) is 11.5 Å². The SMILES string of the molecule is Cc1ccc(/C=C/C(=O)c2cccnc2)cc1[N+](=O)[O-]. The molecular weight excluding hydrogens is 256 g/mol. The lowest BCUT2D eigenvalue weighted by Crippen LogP contribution is -1.95. The third-order valence-corrected chi connectivity index (χ3v) is 2.80. The molecule has 2 rings (SSSR count). The number of carbonyl (C=O) groups is 1. The van der Waals surface area contributed by atoms with Gasteiger partial charge in [-0.1, -0.05) is 18.2 Å². The molecule has 0 bridgehead atoms. The number of nitro benzene ring substituents is 1. The van der Waals surface area contributed by atoms with Crippen molar-refractivity contribution in [3.63, 3.8) is 0 Å². The molecule has 0 aliphatic carbocycles. The van der Waals surface area contributed by atoms with Crippen LogP contribution >= 0.6 is 0 Å². The highest BCUT2D eigenvalue weighted by atomic mass is 16.6. The lowest BCUT2D eigenvalue weighted by atomic mass is 10.1. The molecule has 0 saturated heterocycles. The highest BCUT2D eigenvalue weighted by molar-refractivity contribution is 6.06. The molecular formula is C15H12N2O3.